The molecule has 1 N–H and O–H groups in total. The van der Waals surface area contributed by atoms with Crippen LogP contribution in [-0.2, 0) is 6.54 Å². The Kier molecular flexibility index (Phi) is 4.45. The highest BCUT2D eigenvalue weighted by atomic mass is 14.9. The van der Waals surface area contributed by atoms with Gasteiger partial charge in [-0.2, -0.15) is 0 Å². The lowest BCUT2D eigenvalue weighted by molar-refractivity contribution is 0.448. The first-order valence-electron chi connectivity index (χ1n) is 7.45. The number of nitrogens with one attached hydrogen (secondary N) is 1. The van der Waals surface area contributed by atoms with Crippen LogP contribution in [0.15, 0.2) is 18.2 Å². The van der Waals surface area contributed by atoms with Crippen LogP contribution in [0.2, 0.25) is 0 Å². The third-order valence-electron chi connectivity index (χ3n) is 4.25. The van der Waals surface area contributed by atoms with E-state index in [2.05, 4.69) is 51.2 Å². The lowest BCUT2D eigenvalue weighted by Gasteiger charge is -2.28. The van der Waals surface area contributed by atoms with Crippen LogP contribution in [0, 0.1) is 5.92 Å². The largest absolute Gasteiger partial charge is 0.312 e. The van der Waals surface area contributed by atoms with Gasteiger partial charge in [-0.05, 0) is 47.3 Å². The molecule has 18 heavy (non-hydrogen) atoms. The normalized spacial score (nSPS) is 20.8. The van der Waals surface area contributed by atoms with Crippen LogP contribution in [-0.4, -0.2) is 6.54 Å². The quantitative estimate of drug-likeness (QED) is 0.827. The molecule has 0 saturated heterocycles. The first-order valence-corrected chi connectivity index (χ1v) is 7.45. The van der Waals surface area contributed by atoms with Gasteiger partial charge in [-0.25, -0.2) is 0 Å². The van der Waals surface area contributed by atoms with E-state index < -0.39 is 0 Å². The van der Waals surface area contributed by atoms with Crippen LogP contribution in [0.4, 0.5) is 0 Å². The third kappa shape index (κ3) is 2.95. The summed E-state index contributed by atoms with van der Waals surface area (Å²) in [5.74, 6) is 2.16. The minimum Gasteiger partial charge on any atom is -0.312 e. The van der Waals surface area contributed by atoms with Crippen molar-refractivity contribution >= 4 is 0 Å². The molecule has 2 atom stereocenters. The summed E-state index contributed by atoms with van der Waals surface area (Å²) in [4.78, 5) is 0. The lowest BCUT2D eigenvalue weighted by Crippen LogP contribution is -2.29. The maximum absolute atomic E-state index is 3.58. The van der Waals surface area contributed by atoms with E-state index in [1.807, 2.05) is 0 Å². The molecule has 1 heterocycles. The van der Waals surface area contributed by atoms with Crippen LogP contribution >= 0.6 is 0 Å². The van der Waals surface area contributed by atoms with Gasteiger partial charge in [0.1, 0.15) is 0 Å². The average molecular weight is 245 g/mol. The maximum atomic E-state index is 3.58. The Bertz CT molecular complexity index is 395. The molecule has 0 spiro atoms. The van der Waals surface area contributed by atoms with Gasteiger partial charge in [-0.15, -0.1) is 0 Å². The Morgan fingerprint density at radius 3 is 2.72 bits per heavy atom. The molecule has 2 rings (SSSR count). The van der Waals surface area contributed by atoms with Crippen LogP contribution in [0.25, 0.3) is 0 Å². The maximum Gasteiger partial charge on any atom is 0.0208 e. The second kappa shape index (κ2) is 5.88. The smallest absolute Gasteiger partial charge is 0.0208 e. The molecular formula is C17H27N. The summed E-state index contributed by atoms with van der Waals surface area (Å²) < 4.78 is 0. The molecule has 2 unspecified atom stereocenters. The van der Waals surface area contributed by atoms with Crippen molar-refractivity contribution in [2.75, 3.05) is 6.54 Å². The van der Waals surface area contributed by atoms with Gasteiger partial charge in [0.25, 0.3) is 0 Å². The third-order valence-corrected chi connectivity index (χ3v) is 4.25. The second-order valence-corrected chi connectivity index (χ2v) is 6.22. The fraction of sp³-hybridized carbons (Fsp3) is 0.647. The molecule has 1 aliphatic heterocycles. The highest BCUT2D eigenvalue weighted by Crippen LogP contribution is 2.31. The van der Waals surface area contributed by atoms with Gasteiger partial charge in [-0.3, -0.25) is 0 Å². The predicted molar refractivity (Wildman–Crippen MR) is 79.1 cm³/mol. The van der Waals surface area contributed by atoms with Gasteiger partial charge in [-0.1, -0.05) is 45.9 Å². The van der Waals surface area contributed by atoms with Gasteiger partial charge in [0.2, 0.25) is 0 Å². The monoisotopic (exact) mass is 245 g/mol. The molecule has 1 aromatic carbocycles. The van der Waals surface area contributed by atoms with Gasteiger partial charge >= 0.3 is 0 Å². The fourth-order valence-corrected chi connectivity index (χ4v) is 2.99. The molecule has 1 nitrogen and oxygen atoms in total. The molecule has 0 bridgehead atoms. The van der Waals surface area contributed by atoms with Crippen LogP contribution < -0.4 is 5.32 Å². The van der Waals surface area contributed by atoms with Gasteiger partial charge in [0, 0.05) is 13.1 Å². The zero-order valence-electron chi connectivity index (χ0n) is 12.3. The summed E-state index contributed by atoms with van der Waals surface area (Å²) in [5, 5.41) is 3.58. The van der Waals surface area contributed by atoms with Gasteiger partial charge < -0.3 is 5.32 Å². The molecule has 100 valence electrons. The summed E-state index contributed by atoms with van der Waals surface area (Å²) in [7, 11) is 0. The minimum atomic E-state index is 0.681. The lowest BCUT2D eigenvalue weighted by atomic mass is 9.83. The molecule has 0 amide bonds. The van der Waals surface area contributed by atoms with E-state index in [0.29, 0.717) is 11.8 Å². The second-order valence-electron chi connectivity index (χ2n) is 6.22. The van der Waals surface area contributed by atoms with Crippen LogP contribution in [0.5, 0.6) is 0 Å². The van der Waals surface area contributed by atoms with Gasteiger partial charge in [0.05, 0.1) is 0 Å². The van der Waals surface area contributed by atoms with E-state index >= 15 is 0 Å². The Morgan fingerprint density at radius 1 is 1.28 bits per heavy atom. The predicted octanol–water partition coefficient (Wildman–Crippen LogP) is 4.43. The Hall–Kier alpha value is -0.820. The SMILES string of the molecule is CCC(C)c1ccc2c(c1)CNCC2CC(C)C. The summed E-state index contributed by atoms with van der Waals surface area (Å²) in [6.07, 6.45) is 2.52. The van der Waals surface area contributed by atoms with Crippen molar-refractivity contribution in [2.45, 2.75) is 58.9 Å². The molecule has 1 aromatic rings. The Labute approximate surface area is 112 Å². The Morgan fingerprint density at radius 2 is 2.06 bits per heavy atom. The summed E-state index contributed by atoms with van der Waals surface area (Å²) in [5.41, 5.74) is 4.63. The zero-order chi connectivity index (χ0) is 13.1. The average Bonchev–Trinajstić information content (AvgIpc) is 2.37. The van der Waals surface area contributed by atoms with Crippen molar-refractivity contribution < 1.29 is 0 Å². The first kappa shape index (κ1) is 13.6. The van der Waals surface area contributed by atoms with Crippen molar-refractivity contribution in [3.63, 3.8) is 0 Å². The number of benzene rings is 1. The topological polar surface area (TPSA) is 12.0 Å². The highest BCUT2D eigenvalue weighted by Gasteiger charge is 2.21. The van der Waals surface area contributed by atoms with Crippen molar-refractivity contribution in [3.05, 3.63) is 34.9 Å². The van der Waals surface area contributed by atoms with E-state index in [1.54, 1.807) is 5.56 Å². The highest BCUT2D eigenvalue weighted by molar-refractivity contribution is 5.37. The first-order chi connectivity index (χ1) is 8.61. The van der Waals surface area contributed by atoms with E-state index in [0.717, 1.165) is 19.0 Å². The molecule has 0 aromatic heterocycles. The van der Waals surface area contributed by atoms with E-state index in [9.17, 15) is 0 Å². The number of hydrogen-bond acceptors (Lipinski definition) is 1. The molecule has 1 aliphatic rings. The van der Waals surface area contributed by atoms with Gasteiger partial charge in [0.15, 0.2) is 0 Å². The standard InChI is InChI=1S/C17H27N/c1-5-13(4)14-6-7-17-15(8-12(2)3)10-18-11-16(17)9-14/h6-7,9,12-13,15,18H,5,8,10-11H2,1-4H3. The molecule has 1 heteroatoms. The number of rotatable bonds is 4. The summed E-state index contributed by atoms with van der Waals surface area (Å²) in [6, 6.07) is 7.18. The van der Waals surface area contributed by atoms with Crippen LogP contribution in [0.1, 0.15) is 69.1 Å². The number of hydrogen-bond donors (Lipinski definition) is 1. The molecule has 0 radical (unpaired) electrons. The minimum absolute atomic E-state index is 0.681. The van der Waals surface area contributed by atoms with Crippen molar-refractivity contribution in [2.24, 2.45) is 5.92 Å². The fourth-order valence-electron chi connectivity index (χ4n) is 2.99. The van der Waals surface area contributed by atoms with E-state index in [4.69, 9.17) is 0 Å². The van der Waals surface area contributed by atoms with Crippen molar-refractivity contribution in [3.8, 4) is 0 Å². The summed E-state index contributed by atoms with van der Waals surface area (Å²) >= 11 is 0. The van der Waals surface area contributed by atoms with Crippen molar-refractivity contribution in [1.82, 2.24) is 5.32 Å². The Balaban J connectivity index is 2.24. The van der Waals surface area contributed by atoms with E-state index in [-0.39, 0.29) is 0 Å². The number of fused-ring (bicyclic) bond motifs is 1. The molecular weight excluding hydrogens is 218 g/mol. The zero-order valence-corrected chi connectivity index (χ0v) is 12.3. The molecule has 0 saturated carbocycles. The van der Waals surface area contributed by atoms with E-state index in [1.165, 1.54) is 24.0 Å². The van der Waals surface area contributed by atoms with Crippen LogP contribution in [0.3, 0.4) is 0 Å². The summed E-state index contributed by atoms with van der Waals surface area (Å²) in [6.45, 7) is 11.4. The molecule has 0 aliphatic carbocycles. The van der Waals surface area contributed by atoms with Crippen molar-refractivity contribution in [1.29, 1.82) is 0 Å². The molecule has 0 fully saturated rings.